The van der Waals surface area contributed by atoms with Gasteiger partial charge in [0, 0.05) is 18.0 Å². The highest BCUT2D eigenvalue weighted by atomic mass is 32.2. The fourth-order valence-corrected chi connectivity index (χ4v) is 4.53. The maximum absolute atomic E-state index is 13.2. The van der Waals surface area contributed by atoms with Crippen molar-refractivity contribution in [1.29, 1.82) is 5.26 Å². The molecular weight excluding hydrogens is 368 g/mol. The monoisotopic (exact) mass is 383 g/mol. The van der Waals surface area contributed by atoms with E-state index in [0.717, 1.165) is 11.3 Å². The number of benzene rings is 2. The molecule has 27 heavy (non-hydrogen) atoms. The molecule has 4 rings (SSSR count). The lowest BCUT2D eigenvalue weighted by atomic mass is 9.86. The largest absolute Gasteiger partial charge is 0.344 e. The van der Waals surface area contributed by atoms with Crippen molar-refractivity contribution >= 4 is 23.4 Å². The van der Waals surface area contributed by atoms with Gasteiger partial charge in [0.1, 0.15) is 11.6 Å². The van der Waals surface area contributed by atoms with Crippen LogP contribution in [0.2, 0.25) is 0 Å². The summed E-state index contributed by atoms with van der Waals surface area (Å²) in [5.41, 5.74) is 2.11. The maximum atomic E-state index is 13.2. The van der Waals surface area contributed by atoms with E-state index in [1.54, 1.807) is 29.2 Å². The van der Waals surface area contributed by atoms with Gasteiger partial charge in [-0.15, -0.1) is 0 Å². The minimum atomic E-state index is -0.362. The van der Waals surface area contributed by atoms with Crippen LogP contribution in [0.1, 0.15) is 17.9 Å². The molecule has 0 aromatic heterocycles. The molecule has 7 heteroatoms. The van der Waals surface area contributed by atoms with Crippen molar-refractivity contribution < 1.29 is 13.6 Å². The predicted octanol–water partition coefficient (Wildman–Crippen LogP) is 4.18. The third-order valence-corrected chi connectivity index (χ3v) is 5.91. The van der Waals surface area contributed by atoms with Crippen LogP contribution in [0.5, 0.6) is 0 Å². The Morgan fingerprint density at radius 3 is 2.30 bits per heavy atom. The number of carbonyl (C=O) groups excluding carboxylic acids is 1. The summed E-state index contributed by atoms with van der Waals surface area (Å²) in [6.07, 6.45) is 0.163. The number of rotatable bonds is 2. The van der Waals surface area contributed by atoms with E-state index in [4.69, 9.17) is 0 Å². The smallest absolute Gasteiger partial charge is 0.229 e. The van der Waals surface area contributed by atoms with Gasteiger partial charge in [-0.2, -0.15) is 5.26 Å². The number of amides is 1. The summed E-state index contributed by atoms with van der Waals surface area (Å²) in [6.45, 7) is 0.314. The van der Waals surface area contributed by atoms with Gasteiger partial charge >= 0.3 is 0 Å². The number of carbonyl (C=O) groups is 1. The molecule has 0 spiro atoms. The molecule has 2 aliphatic heterocycles. The van der Waals surface area contributed by atoms with Gasteiger partial charge in [0.25, 0.3) is 0 Å². The number of nitrogens with zero attached hydrogens (tertiary/aromatic N) is 3. The SMILES string of the molecule is N#CC1=C2SCN(c3ccc(F)cc3)CN2C(=O)C[C@@H]1c1ccc(F)cc1. The average molecular weight is 383 g/mol. The normalized spacial score (nSPS) is 19.7. The van der Waals surface area contributed by atoms with Crippen LogP contribution in [-0.2, 0) is 4.79 Å². The molecule has 4 nitrogen and oxygen atoms in total. The molecule has 0 N–H and O–H groups in total. The molecule has 0 unspecified atom stereocenters. The van der Waals surface area contributed by atoms with E-state index in [2.05, 4.69) is 6.07 Å². The van der Waals surface area contributed by atoms with E-state index >= 15 is 0 Å². The molecule has 1 amide bonds. The number of hydrogen-bond donors (Lipinski definition) is 0. The van der Waals surface area contributed by atoms with Crippen LogP contribution >= 0.6 is 11.8 Å². The van der Waals surface area contributed by atoms with Crippen LogP contribution in [0, 0.1) is 23.0 Å². The summed E-state index contributed by atoms with van der Waals surface area (Å²) in [5, 5.41) is 10.4. The fraction of sp³-hybridized carbons (Fsp3) is 0.200. The molecule has 2 aliphatic rings. The Morgan fingerprint density at radius 1 is 1.04 bits per heavy atom. The van der Waals surface area contributed by atoms with E-state index in [-0.39, 0.29) is 29.9 Å². The number of thioether (sulfide) groups is 1. The van der Waals surface area contributed by atoms with Crippen molar-refractivity contribution in [3.63, 3.8) is 0 Å². The molecule has 2 aromatic rings. The molecule has 0 aliphatic carbocycles. The average Bonchev–Trinajstić information content (AvgIpc) is 2.69. The van der Waals surface area contributed by atoms with E-state index in [9.17, 15) is 18.8 Å². The zero-order valence-corrected chi connectivity index (χ0v) is 15.0. The number of allylic oxidation sites excluding steroid dienone is 1. The highest BCUT2D eigenvalue weighted by molar-refractivity contribution is 8.03. The van der Waals surface area contributed by atoms with Crippen molar-refractivity contribution in [1.82, 2.24) is 4.90 Å². The first-order valence-corrected chi connectivity index (χ1v) is 9.39. The van der Waals surface area contributed by atoms with Crippen LogP contribution in [-0.4, -0.2) is 23.4 Å². The molecule has 0 saturated carbocycles. The van der Waals surface area contributed by atoms with Crippen molar-refractivity contribution in [2.75, 3.05) is 17.4 Å². The third kappa shape index (κ3) is 3.28. The summed E-state index contributed by atoms with van der Waals surface area (Å²) in [4.78, 5) is 16.3. The highest BCUT2D eigenvalue weighted by Crippen LogP contribution is 2.43. The maximum Gasteiger partial charge on any atom is 0.229 e. The highest BCUT2D eigenvalue weighted by Gasteiger charge is 2.38. The summed E-state index contributed by atoms with van der Waals surface area (Å²) in [5.74, 6) is -0.564. The van der Waals surface area contributed by atoms with Crippen molar-refractivity contribution in [3.8, 4) is 6.07 Å². The fourth-order valence-electron chi connectivity index (χ4n) is 3.36. The summed E-state index contributed by atoms with van der Waals surface area (Å²) in [6, 6.07) is 14.3. The number of nitriles is 1. The second-order valence-corrected chi connectivity index (χ2v) is 7.33. The first-order chi connectivity index (χ1) is 13.1. The quantitative estimate of drug-likeness (QED) is 0.780. The molecular formula is C20H15F2N3OS. The van der Waals surface area contributed by atoms with Gasteiger partial charge in [-0.3, -0.25) is 9.69 Å². The first-order valence-electron chi connectivity index (χ1n) is 8.40. The second-order valence-electron chi connectivity index (χ2n) is 6.39. The Kier molecular flexibility index (Phi) is 4.58. The van der Waals surface area contributed by atoms with Crippen LogP contribution in [0.3, 0.4) is 0 Å². The van der Waals surface area contributed by atoms with Gasteiger partial charge in [0.15, 0.2) is 0 Å². The van der Waals surface area contributed by atoms with Crippen molar-refractivity contribution in [3.05, 3.63) is 76.3 Å². The molecule has 136 valence electrons. The Morgan fingerprint density at radius 2 is 1.67 bits per heavy atom. The summed E-state index contributed by atoms with van der Waals surface area (Å²) >= 11 is 1.41. The Hall–Kier alpha value is -2.85. The molecule has 1 saturated heterocycles. The van der Waals surface area contributed by atoms with Gasteiger partial charge in [-0.05, 0) is 42.0 Å². The van der Waals surface area contributed by atoms with Gasteiger partial charge in [-0.25, -0.2) is 8.78 Å². The van der Waals surface area contributed by atoms with Crippen LogP contribution in [0.4, 0.5) is 14.5 Å². The number of hydrogen-bond acceptors (Lipinski definition) is 4. The zero-order valence-electron chi connectivity index (χ0n) is 14.2. The summed E-state index contributed by atoms with van der Waals surface area (Å²) in [7, 11) is 0. The minimum absolute atomic E-state index is 0.0855. The van der Waals surface area contributed by atoms with Gasteiger partial charge in [-0.1, -0.05) is 23.9 Å². The Balaban J connectivity index is 1.65. The number of anilines is 1. The molecule has 1 fully saturated rings. The number of fused-ring (bicyclic) bond motifs is 1. The molecule has 2 heterocycles. The number of halogens is 2. The van der Waals surface area contributed by atoms with Crippen LogP contribution in [0.25, 0.3) is 0 Å². The summed E-state index contributed by atoms with van der Waals surface area (Å²) < 4.78 is 26.4. The van der Waals surface area contributed by atoms with Gasteiger partial charge in [0.2, 0.25) is 5.91 Å². The zero-order chi connectivity index (χ0) is 19.0. The van der Waals surface area contributed by atoms with Crippen molar-refractivity contribution in [2.45, 2.75) is 12.3 Å². The predicted molar refractivity (Wildman–Crippen MR) is 99.4 cm³/mol. The lowest BCUT2D eigenvalue weighted by molar-refractivity contribution is -0.129. The van der Waals surface area contributed by atoms with E-state index in [0.29, 0.717) is 23.1 Å². The van der Waals surface area contributed by atoms with Gasteiger partial charge in [0.05, 0.1) is 29.2 Å². The lowest BCUT2D eigenvalue weighted by Gasteiger charge is -2.42. The van der Waals surface area contributed by atoms with E-state index < -0.39 is 0 Å². The second kappa shape index (κ2) is 7.05. The van der Waals surface area contributed by atoms with E-state index in [1.165, 1.54) is 36.0 Å². The molecule has 1 atom stereocenters. The van der Waals surface area contributed by atoms with Gasteiger partial charge < -0.3 is 4.90 Å². The topological polar surface area (TPSA) is 47.3 Å². The van der Waals surface area contributed by atoms with Crippen LogP contribution in [0.15, 0.2) is 59.1 Å². The Bertz CT molecular complexity index is 951. The molecule has 0 radical (unpaired) electrons. The standard InChI is InChI=1S/C20H15F2N3OS/c21-14-3-1-13(2-4-14)17-9-19(26)25-11-24(12-27-20(25)18(17)10-23)16-7-5-15(22)6-8-16/h1-8,17H,9,11-12H2/t17-/m1/s1. The first kappa shape index (κ1) is 17.6. The van der Waals surface area contributed by atoms with Crippen LogP contribution < -0.4 is 4.90 Å². The van der Waals surface area contributed by atoms with E-state index in [1.807, 2.05) is 4.90 Å². The third-order valence-electron chi connectivity index (χ3n) is 4.76. The minimum Gasteiger partial charge on any atom is -0.344 e. The van der Waals surface area contributed by atoms with Crippen molar-refractivity contribution in [2.24, 2.45) is 0 Å². The molecule has 2 aromatic carbocycles. The Labute approximate surface area is 159 Å². The lowest BCUT2D eigenvalue weighted by Crippen LogP contribution is -2.47. The molecule has 0 bridgehead atoms.